The summed E-state index contributed by atoms with van der Waals surface area (Å²) >= 11 is 1.42. The average molecular weight is 225 g/mol. The molecule has 0 atom stereocenters. The molecule has 0 radical (unpaired) electrons. The largest absolute Gasteiger partial charge is 0.257 e. The minimum absolute atomic E-state index is 0.132. The van der Waals surface area contributed by atoms with E-state index in [0.717, 1.165) is 0 Å². The summed E-state index contributed by atoms with van der Waals surface area (Å²) in [6, 6.07) is 0.132. The Bertz CT molecular complexity index is 459. The summed E-state index contributed by atoms with van der Waals surface area (Å²) in [5, 5.41) is 6.69. The van der Waals surface area contributed by atoms with E-state index in [1.165, 1.54) is 11.3 Å². The Morgan fingerprint density at radius 2 is 2.20 bits per heavy atom. The highest BCUT2D eigenvalue weighted by atomic mass is 32.1. The van der Waals surface area contributed by atoms with E-state index in [0.29, 0.717) is 16.4 Å². The first-order valence-electron chi connectivity index (χ1n) is 4.75. The first kappa shape index (κ1) is 10.3. The molecule has 2 aromatic rings. The minimum Gasteiger partial charge on any atom is -0.257 e. The van der Waals surface area contributed by atoms with Crippen molar-refractivity contribution in [1.29, 1.82) is 0 Å². The van der Waals surface area contributed by atoms with E-state index in [9.17, 15) is 4.39 Å². The summed E-state index contributed by atoms with van der Waals surface area (Å²) in [5.74, 6) is -0.265. The van der Waals surface area contributed by atoms with Crippen LogP contribution in [-0.4, -0.2) is 14.8 Å². The Balaban J connectivity index is 2.63. The Hall–Kier alpha value is -1.23. The summed E-state index contributed by atoms with van der Waals surface area (Å²) in [7, 11) is 0. The van der Waals surface area contributed by atoms with Crippen LogP contribution in [0.25, 0.3) is 10.7 Å². The molecule has 0 aliphatic rings. The van der Waals surface area contributed by atoms with Gasteiger partial charge in [-0.2, -0.15) is 5.10 Å². The number of thiazole rings is 1. The van der Waals surface area contributed by atoms with Crippen LogP contribution in [0, 0.1) is 12.7 Å². The summed E-state index contributed by atoms with van der Waals surface area (Å²) in [6.45, 7) is 5.62. The molecule has 2 aromatic heterocycles. The van der Waals surface area contributed by atoms with Crippen LogP contribution >= 0.6 is 11.3 Å². The molecule has 0 amide bonds. The molecule has 0 aromatic carbocycles. The topological polar surface area (TPSA) is 30.7 Å². The van der Waals surface area contributed by atoms with Gasteiger partial charge in [-0.15, -0.1) is 11.3 Å². The molecule has 2 rings (SSSR count). The van der Waals surface area contributed by atoms with Gasteiger partial charge >= 0.3 is 0 Å². The fourth-order valence-electron chi connectivity index (χ4n) is 1.43. The van der Waals surface area contributed by atoms with Crippen molar-refractivity contribution in [2.75, 3.05) is 0 Å². The monoisotopic (exact) mass is 225 g/mol. The third kappa shape index (κ3) is 1.67. The van der Waals surface area contributed by atoms with Crippen molar-refractivity contribution >= 4 is 11.3 Å². The first-order valence-corrected chi connectivity index (χ1v) is 5.63. The maximum Gasteiger partial charge on any atom is 0.174 e. The quantitative estimate of drug-likeness (QED) is 0.786. The third-order valence-corrected chi connectivity index (χ3v) is 2.92. The standard InChI is InChI=1S/C10H12FN3S/c1-6(2)14-9(8(11)7(3)13-14)10-12-4-5-15-10/h4-6H,1-3H3. The molecule has 0 fully saturated rings. The lowest BCUT2D eigenvalue weighted by atomic mass is 10.3. The highest BCUT2D eigenvalue weighted by molar-refractivity contribution is 7.13. The maximum atomic E-state index is 13.8. The van der Waals surface area contributed by atoms with Crippen molar-refractivity contribution in [3.63, 3.8) is 0 Å². The molecule has 0 saturated heterocycles. The SMILES string of the molecule is Cc1nn(C(C)C)c(-c2nccs2)c1F. The van der Waals surface area contributed by atoms with Crippen LogP contribution in [0.5, 0.6) is 0 Å². The molecule has 0 bridgehead atoms. The number of aryl methyl sites for hydroxylation is 1. The van der Waals surface area contributed by atoms with Crippen molar-refractivity contribution in [2.45, 2.75) is 26.8 Å². The molecule has 2 heterocycles. The van der Waals surface area contributed by atoms with E-state index in [-0.39, 0.29) is 11.9 Å². The Labute approximate surface area is 91.6 Å². The van der Waals surface area contributed by atoms with Gasteiger partial charge in [0.2, 0.25) is 0 Å². The van der Waals surface area contributed by atoms with Gasteiger partial charge < -0.3 is 0 Å². The molecule has 0 unspecified atom stereocenters. The molecular weight excluding hydrogens is 213 g/mol. The molecule has 0 spiro atoms. The van der Waals surface area contributed by atoms with Gasteiger partial charge in [0.1, 0.15) is 10.7 Å². The Morgan fingerprint density at radius 1 is 1.47 bits per heavy atom. The fourth-order valence-corrected chi connectivity index (χ4v) is 2.10. The summed E-state index contributed by atoms with van der Waals surface area (Å²) in [6.07, 6.45) is 1.67. The van der Waals surface area contributed by atoms with Crippen molar-refractivity contribution in [2.24, 2.45) is 0 Å². The zero-order chi connectivity index (χ0) is 11.0. The van der Waals surface area contributed by atoms with Gasteiger partial charge in [0.05, 0.1) is 5.69 Å². The van der Waals surface area contributed by atoms with Gasteiger partial charge in [0, 0.05) is 17.6 Å². The van der Waals surface area contributed by atoms with Crippen LogP contribution in [0.2, 0.25) is 0 Å². The number of hydrogen-bond acceptors (Lipinski definition) is 3. The highest BCUT2D eigenvalue weighted by Crippen LogP contribution is 2.28. The van der Waals surface area contributed by atoms with Gasteiger partial charge in [-0.25, -0.2) is 9.37 Å². The molecule has 0 aliphatic carbocycles. The summed E-state index contributed by atoms with van der Waals surface area (Å²) in [5.41, 5.74) is 0.923. The van der Waals surface area contributed by atoms with Crippen molar-refractivity contribution in [1.82, 2.24) is 14.8 Å². The van der Waals surface area contributed by atoms with Crippen LogP contribution in [0.3, 0.4) is 0 Å². The Morgan fingerprint density at radius 3 is 2.73 bits per heavy atom. The summed E-state index contributed by atoms with van der Waals surface area (Å²) < 4.78 is 15.5. The van der Waals surface area contributed by atoms with Crippen molar-refractivity contribution < 1.29 is 4.39 Å². The van der Waals surface area contributed by atoms with E-state index in [1.54, 1.807) is 17.8 Å². The maximum absolute atomic E-state index is 13.8. The molecule has 80 valence electrons. The van der Waals surface area contributed by atoms with Gasteiger partial charge in [0.15, 0.2) is 5.82 Å². The van der Waals surface area contributed by atoms with E-state index < -0.39 is 0 Å². The number of rotatable bonds is 2. The van der Waals surface area contributed by atoms with E-state index >= 15 is 0 Å². The number of hydrogen-bond donors (Lipinski definition) is 0. The van der Waals surface area contributed by atoms with Crippen molar-refractivity contribution in [3.05, 3.63) is 23.1 Å². The van der Waals surface area contributed by atoms with Crippen LogP contribution in [0.15, 0.2) is 11.6 Å². The van der Waals surface area contributed by atoms with Crippen LogP contribution in [0.1, 0.15) is 25.6 Å². The number of nitrogens with zero attached hydrogens (tertiary/aromatic N) is 3. The van der Waals surface area contributed by atoms with Gasteiger partial charge in [0.25, 0.3) is 0 Å². The third-order valence-electron chi connectivity index (χ3n) is 2.14. The molecular formula is C10H12FN3S. The second kappa shape index (κ2) is 3.73. The van der Waals surface area contributed by atoms with E-state index in [2.05, 4.69) is 10.1 Å². The van der Waals surface area contributed by atoms with Crippen molar-refractivity contribution in [3.8, 4) is 10.7 Å². The normalized spacial score (nSPS) is 11.3. The van der Waals surface area contributed by atoms with Crippen LogP contribution in [-0.2, 0) is 0 Å². The lowest BCUT2D eigenvalue weighted by Crippen LogP contribution is -2.05. The van der Waals surface area contributed by atoms with Gasteiger partial charge in [-0.05, 0) is 20.8 Å². The van der Waals surface area contributed by atoms with Crippen LogP contribution in [0.4, 0.5) is 4.39 Å². The lowest BCUT2D eigenvalue weighted by Gasteiger charge is -2.08. The van der Waals surface area contributed by atoms with E-state index in [1.807, 2.05) is 19.2 Å². The molecule has 15 heavy (non-hydrogen) atoms. The van der Waals surface area contributed by atoms with E-state index in [4.69, 9.17) is 0 Å². The molecule has 0 N–H and O–H groups in total. The van der Waals surface area contributed by atoms with Gasteiger partial charge in [-0.1, -0.05) is 0 Å². The Kier molecular flexibility index (Phi) is 2.56. The minimum atomic E-state index is -0.265. The average Bonchev–Trinajstić information content (AvgIpc) is 2.76. The zero-order valence-corrected chi connectivity index (χ0v) is 9.68. The van der Waals surface area contributed by atoms with Gasteiger partial charge in [-0.3, -0.25) is 4.68 Å². The molecule has 3 nitrogen and oxygen atoms in total. The lowest BCUT2D eigenvalue weighted by molar-refractivity contribution is 0.532. The second-order valence-electron chi connectivity index (χ2n) is 3.62. The predicted molar refractivity (Wildman–Crippen MR) is 58.4 cm³/mol. The zero-order valence-electron chi connectivity index (χ0n) is 8.86. The highest BCUT2D eigenvalue weighted by Gasteiger charge is 2.20. The van der Waals surface area contributed by atoms with Crippen LogP contribution < -0.4 is 0 Å². The smallest absolute Gasteiger partial charge is 0.174 e. The number of aromatic nitrogens is 3. The molecule has 5 heteroatoms. The molecule has 0 saturated carbocycles. The number of halogens is 1. The summed E-state index contributed by atoms with van der Waals surface area (Å²) in [4.78, 5) is 4.12. The fraction of sp³-hybridized carbons (Fsp3) is 0.400. The second-order valence-corrected chi connectivity index (χ2v) is 4.52. The predicted octanol–water partition coefficient (Wildman–Crippen LogP) is 3.04. The first-order chi connectivity index (χ1) is 7.11. The molecule has 0 aliphatic heterocycles.